The van der Waals surface area contributed by atoms with Crippen LogP contribution < -0.4 is 16.2 Å². The van der Waals surface area contributed by atoms with E-state index in [0.29, 0.717) is 0 Å². The Bertz CT molecular complexity index is 393. The molecule has 0 aliphatic carbocycles. The highest BCUT2D eigenvalue weighted by atomic mass is 19.1. The highest BCUT2D eigenvalue weighted by Gasteiger charge is 2.15. The van der Waals surface area contributed by atoms with Crippen LogP contribution in [0.25, 0.3) is 0 Å². The molecule has 100 valence electrons. The molecule has 0 bridgehead atoms. The van der Waals surface area contributed by atoms with Crippen molar-refractivity contribution in [1.82, 2.24) is 14.9 Å². The summed E-state index contributed by atoms with van der Waals surface area (Å²) in [5.41, 5.74) is 2.32. The minimum Gasteiger partial charge on any atom is -0.356 e. The van der Waals surface area contributed by atoms with Gasteiger partial charge in [0, 0.05) is 20.1 Å². The molecule has 0 atom stereocenters. The number of hydrazine groups is 1. The van der Waals surface area contributed by atoms with Gasteiger partial charge in [-0.15, -0.1) is 0 Å². The van der Waals surface area contributed by atoms with E-state index in [1.54, 1.807) is 4.90 Å². The number of nitrogens with one attached hydrogen (secondary N) is 1. The largest absolute Gasteiger partial charge is 0.356 e. The van der Waals surface area contributed by atoms with E-state index in [1.807, 2.05) is 7.05 Å². The molecule has 2 heterocycles. The molecule has 0 radical (unpaired) electrons. The van der Waals surface area contributed by atoms with Crippen molar-refractivity contribution in [2.45, 2.75) is 12.8 Å². The zero-order valence-corrected chi connectivity index (χ0v) is 10.6. The zero-order chi connectivity index (χ0) is 13.0. The molecular formula is C11H19FN6. The quantitative estimate of drug-likeness (QED) is 0.586. The Morgan fingerprint density at radius 3 is 2.89 bits per heavy atom. The molecule has 0 amide bonds. The molecule has 0 saturated carbocycles. The normalized spacial score (nSPS) is 15.9. The number of nitrogens with zero attached hydrogens (tertiary/aromatic N) is 4. The van der Waals surface area contributed by atoms with Crippen LogP contribution in [-0.4, -0.2) is 48.1 Å². The maximum atomic E-state index is 13.6. The molecule has 7 heteroatoms. The van der Waals surface area contributed by atoms with Crippen LogP contribution in [0.15, 0.2) is 6.20 Å². The lowest BCUT2D eigenvalue weighted by Gasteiger charge is -2.22. The Labute approximate surface area is 106 Å². The number of nitrogen functional groups attached to an aromatic ring is 1. The molecule has 6 nitrogen and oxygen atoms in total. The van der Waals surface area contributed by atoms with Crippen LogP contribution in [-0.2, 0) is 0 Å². The molecule has 2 rings (SSSR count). The first-order valence-electron chi connectivity index (χ1n) is 6.13. The van der Waals surface area contributed by atoms with Crippen molar-refractivity contribution in [2.24, 2.45) is 5.84 Å². The van der Waals surface area contributed by atoms with Gasteiger partial charge in [-0.1, -0.05) is 0 Å². The second-order valence-electron chi connectivity index (χ2n) is 4.48. The number of anilines is 2. The fourth-order valence-electron chi connectivity index (χ4n) is 2.10. The van der Waals surface area contributed by atoms with Crippen LogP contribution in [0.2, 0.25) is 0 Å². The summed E-state index contributed by atoms with van der Waals surface area (Å²) in [6.07, 6.45) is 3.64. The van der Waals surface area contributed by atoms with Crippen molar-refractivity contribution in [3.8, 4) is 0 Å². The van der Waals surface area contributed by atoms with Gasteiger partial charge in [-0.25, -0.2) is 15.2 Å². The lowest BCUT2D eigenvalue weighted by molar-refractivity contribution is 0.346. The maximum absolute atomic E-state index is 13.6. The van der Waals surface area contributed by atoms with Crippen molar-refractivity contribution in [3.63, 3.8) is 0 Å². The number of rotatable bonds is 5. The van der Waals surface area contributed by atoms with E-state index in [2.05, 4.69) is 20.3 Å². The molecule has 1 aromatic rings. The summed E-state index contributed by atoms with van der Waals surface area (Å²) in [4.78, 5) is 11.9. The minimum atomic E-state index is -0.432. The number of nitrogens with two attached hydrogens (primary N) is 1. The Morgan fingerprint density at radius 2 is 2.22 bits per heavy atom. The van der Waals surface area contributed by atoms with Crippen LogP contribution >= 0.6 is 0 Å². The summed E-state index contributed by atoms with van der Waals surface area (Å²) >= 11 is 0. The van der Waals surface area contributed by atoms with Gasteiger partial charge < -0.3 is 9.80 Å². The van der Waals surface area contributed by atoms with Crippen molar-refractivity contribution < 1.29 is 4.39 Å². The van der Waals surface area contributed by atoms with Gasteiger partial charge in [0.2, 0.25) is 5.95 Å². The Kier molecular flexibility index (Phi) is 4.27. The van der Waals surface area contributed by atoms with Crippen LogP contribution in [0.5, 0.6) is 0 Å². The van der Waals surface area contributed by atoms with Gasteiger partial charge in [0.25, 0.3) is 0 Å². The average molecular weight is 254 g/mol. The predicted octanol–water partition coefficient (Wildman–Crippen LogP) is 0.433. The first kappa shape index (κ1) is 13.0. The van der Waals surface area contributed by atoms with Gasteiger partial charge in [-0.05, 0) is 25.9 Å². The summed E-state index contributed by atoms with van der Waals surface area (Å²) in [5, 5.41) is 0. The second kappa shape index (κ2) is 5.92. The molecule has 1 aromatic heterocycles. The van der Waals surface area contributed by atoms with Crippen molar-refractivity contribution in [3.05, 3.63) is 12.0 Å². The van der Waals surface area contributed by atoms with E-state index < -0.39 is 5.82 Å². The van der Waals surface area contributed by atoms with E-state index in [0.717, 1.165) is 32.4 Å². The highest BCUT2D eigenvalue weighted by molar-refractivity contribution is 5.42. The van der Waals surface area contributed by atoms with Gasteiger partial charge in [-0.3, -0.25) is 5.43 Å². The van der Waals surface area contributed by atoms with E-state index in [4.69, 9.17) is 5.84 Å². The fraction of sp³-hybridized carbons (Fsp3) is 0.636. The number of hydrogen-bond donors (Lipinski definition) is 2. The lowest BCUT2D eigenvalue weighted by atomic mass is 10.4. The van der Waals surface area contributed by atoms with Gasteiger partial charge >= 0.3 is 0 Å². The van der Waals surface area contributed by atoms with E-state index >= 15 is 0 Å². The first-order chi connectivity index (χ1) is 8.70. The molecule has 1 fully saturated rings. The van der Waals surface area contributed by atoms with Crippen molar-refractivity contribution >= 4 is 11.8 Å². The second-order valence-corrected chi connectivity index (χ2v) is 4.48. The van der Waals surface area contributed by atoms with E-state index in [9.17, 15) is 4.39 Å². The lowest BCUT2D eigenvalue weighted by Crippen LogP contribution is -2.32. The SMILES string of the molecule is CN(CCN1CCCC1)c1nc(NN)ncc1F. The molecule has 0 unspecified atom stereocenters. The third-order valence-electron chi connectivity index (χ3n) is 3.17. The van der Waals surface area contributed by atoms with Crippen molar-refractivity contribution in [1.29, 1.82) is 0 Å². The molecule has 1 aliphatic heterocycles. The third-order valence-corrected chi connectivity index (χ3v) is 3.17. The van der Waals surface area contributed by atoms with Crippen molar-refractivity contribution in [2.75, 3.05) is 43.6 Å². The number of likely N-dealkylation sites (N-methyl/N-ethyl adjacent to an activating group) is 1. The van der Waals surface area contributed by atoms with Gasteiger partial charge in [-0.2, -0.15) is 4.98 Å². The first-order valence-corrected chi connectivity index (χ1v) is 6.13. The summed E-state index contributed by atoms with van der Waals surface area (Å²) in [5.74, 6) is 5.28. The van der Waals surface area contributed by atoms with Gasteiger partial charge in [0.05, 0.1) is 6.20 Å². The Balaban J connectivity index is 1.96. The monoisotopic (exact) mass is 254 g/mol. The summed E-state index contributed by atoms with van der Waals surface area (Å²) < 4.78 is 13.6. The summed E-state index contributed by atoms with van der Waals surface area (Å²) in [6.45, 7) is 3.93. The van der Waals surface area contributed by atoms with Crippen LogP contribution in [0.3, 0.4) is 0 Å². The number of likely N-dealkylation sites (tertiary alicyclic amines) is 1. The highest BCUT2D eigenvalue weighted by Crippen LogP contribution is 2.16. The van der Waals surface area contributed by atoms with Crippen LogP contribution in [0.4, 0.5) is 16.2 Å². The molecule has 0 spiro atoms. The average Bonchev–Trinajstić information content (AvgIpc) is 2.89. The smallest absolute Gasteiger partial charge is 0.239 e. The topological polar surface area (TPSA) is 70.3 Å². The number of aromatic nitrogens is 2. The molecule has 3 N–H and O–H groups in total. The Hall–Kier alpha value is -1.47. The zero-order valence-electron chi connectivity index (χ0n) is 10.6. The van der Waals surface area contributed by atoms with Gasteiger partial charge in [0.1, 0.15) is 0 Å². The van der Waals surface area contributed by atoms with Crippen LogP contribution in [0, 0.1) is 5.82 Å². The third kappa shape index (κ3) is 3.05. The van der Waals surface area contributed by atoms with Gasteiger partial charge in [0.15, 0.2) is 11.6 Å². The number of halogens is 1. The van der Waals surface area contributed by atoms with E-state index in [1.165, 1.54) is 12.8 Å². The maximum Gasteiger partial charge on any atom is 0.239 e. The molecule has 18 heavy (non-hydrogen) atoms. The summed E-state index contributed by atoms with van der Waals surface area (Å²) in [7, 11) is 1.82. The van der Waals surface area contributed by atoms with E-state index in [-0.39, 0.29) is 11.8 Å². The standard InChI is InChI=1S/C11H19FN6/c1-17(6-7-18-4-2-3-5-18)10-9(12)8-14-11(15-10)16-13/h8H,2-7,13H2,1H3,(H,14,15,16). The minimum absolute atomic E-state index is 0.222. The van der Waals surface area contributed by atoms with Crippen LogP contribution in [0.1, 0.15) is 12.8 Å². The molecule has 1 saturated heterocycles. The molecular weight excluding hydrogens is 235 g/mol. The molecule has 1 aliphatic rings. The summed E-state index contributed by atoms with van der Waals surface area (Å²) in [6, 6.07) is 0. The predicted molar refractivity (Wildman–Crippen MR) is 68.7 cm³/mol. The number of hydrogen-bond acceptors (Lipinski definition) is 6. The Morgan fingerprint density at radius 1 is 1.50 bits per heavy atom. The molecule has 0 aromatic carbocycles. The fourth-order valence-corrected chi connectivity index (χ4v) is 2.10.